The molecule has 1 aliphatic rings. The fraction of sp³-hybridized carbons (Fsp3) is 0.588. The lowest BCUT2D eigenvalue weighted by molar-refractivity contribution is -0.116. The minimum atomic E-state index is 0.102. The van der Waals surface area contributed by atoms with Gasteiger partial charge in [-0.05, 0) is 62.9 Å². The van der Waals surface area contributed by atoms with Gasteiger partial charge in [0.1, 0.15) is 5.75 Å². The Labute approximate surface area is 127 Å². The number of nitrogens with one attached hydrogen (secondary N) is 2. The van der Waals surface area contributed by atoms with Crippen molar-refractivity contribution in [2.45, 2.75) is 52.0 Å². The Kier molecular flexibility index (Phi) is 6.05. The summed E-state index contributed by atoms with van der Waals surface area (Å²) in [7, 11) is 0. The fourth-order valence-electron chi connectivity index (χ4n) is 2.52. The van der Waals surface area contributed by atoms with E-state index in [9.17, 15) is 4.79 Å². The molecule has 4 nitrogen and oxygen atoms in total. The van der Waals surface area contributed by atoms with Crippen LogP contribution >= 0.6 is 0 Å². The fourth-order valence-corrected chi connectivity index (χ4v) is 2.52. The van der Waals surface area contributed by atoms with Crippen LogP contribution in [0.2, 0.25) is 0 Å². The van der Waals surface area contributed by atoms with Crippen molar-refractivity contribution < 1.29 is 9.53 Å². The Balaban J connectivity index is 1.73. The third-order valence-corrected chi connectivity index (χ3v) is 3.77. The van der Waals surface area contributed by atoms with Crippen LogP contribution in [0.3, 0.4) is 0 Å². The first-order valence-electron chi connectivity index (χ1n) is 7.98. The van der Waals surface area contributed by atoms with Gasteiger partial charge in [-0.2, -0.15) is 0 Å². The summed E-state index contributed by atoms with van der Waals surface area (Å²) in [4.78, 5) is 11.3. The van der Waals surface area contributed by atoms with Crippen LogP contribution in [-0.2, 0) is 11.2 Å². The molecule has 0 spiro atoms. The second-order valence-corrected chi connectivity index (χ2v) is 5.71. The standard InChI is InChI=1S/C17H26N2O2/c1-3-10-18-13(2)5-4-11-21-15-7-8-16-14(12-15)6-9-17(20)19-16/h7-8,12-13,18H,3-6,9-11H2,1-2H3,(H,19,20). The van der Waals surface area contributed by atoms with Gasteiger partial charge in [-0.25, -0.2) is 0 Å². The first kappa shape index (κ1) is 15.8. The molecular weight excluding hydrogens is 264 g/mol. The van der Waals surface area contributed by atoms with Crippen LogP contribution in [0.15, 0.2) is 18.2 Å². The third-order valence-electron chi connectivity index (χ3n) is 3.77. The largest absolute Gasteiger partial charge is 0.494 e. The van der Waals surface area contributed by atoms with E-state index in [4.69, 9.17) is 4.74 Å². The van der Waals surface area contributed by atoms with Gasteiger partial charge < -0.3 is 15.4 Å². The molecule has 1 aromatic rings. The topological polar surface area (TPSA) is 50.4 Å². The molecule has 2 N–H and O–H groups in total. The molecule has 0 radical (unpaired) electrons. The number of ether oxygens (including phenoxy) is 1. The zero-order valence-electron chi connectivity index (χ0n) is 13.1. The first-order valence-corrected chi connectivity index (χ1v) is 7.98. The van der Waals surface area contributed by atoms with Gasteiger partial charge in [-0.1, -0.05) is 6.92 Å². The van der Waals surface area contributed by atoms with Gasteiger partial charge in [-0.15, -0.1) is 0 Å². The van der Waals surface area contributed by atoms with Gasteiger partial charge in [0.15, 0.2) is 0 Å². The zero-order chi connectivity index (χ0) is 15.1. The number of carbonyl (C=O) groups is 1. The molecule has 1 aliphatic heterocycles. The van der Waals surface area contributed by atoms with E-state index < -0.39 is 0 Å². The van der Waals surface area contributed by atoms with E-state index in [-0.39, 0.29) is 5.91 Å². The number of aryl methyl sites for hydroxylation is 1. The van der Waals surface area contributed by atoms with Gasteiger partial charge in [0.05, 0.1) is 6.61 Å². The monoisotopic (exact) mass is 290 g/mol. The molecule has 0 bridgehead atoms. The second kappa shape index (κ2) is 8.03. The Hall–Kier alpha value is -1.55. The molecule has 21 heavy (non-hydrogen) atoms. The molecule has 2 rings (SSSR count). The average Bonchev–Trinajstić information content (AvgIpc) is 2.49. The molecule has 0 aliphatic carbocycles. The SMILES string of the molecule is CCCNC(C)CCCOc1ccc2c(c1)CCC(=O)N2. The minimum Gasteiger partial charge on any atom is -0.494 e. The van der Waals surface area contributed by atoms with E-state index in [0.29, 0.717) is 12.5 Å². The first-order chi connectivity index (χ1) is 10.2. The number of carbonyl (C=O) groups excluding carboxylic acids is 1. The van der Waals surface area contributed by atoms with Crippen molar-refractivity contribution in [2.75, 3.05) is 18.5 Å². The molecule has 1 amide bonds. The summed E-state index contributed by atoms with van der Waals surface area (Å²) in [5.74, 6) is 1.00. The van der Waals surface area contributed by atoms with E-state index in [1.165, 1.54) is 12.0 Å². The lowest BCUT2D eigenvalue weighted by atomic mass is 10.0. The average molecular weight is 290 g/mol. The van der Waals surface area contributed by atoms with Crippen LogP contribution < -0.4 is 15.4 Å². The maximum absolute atomic E-state index is 11.3. The van der Waals surface area contributed by atoms with Crippen molar-refractivity contribution in [1.82, 2.24) is 5.32 Å². The highest BCUT2D eigenvalue weighted by atomic mass is 16.5. The molecule has 1 heterocycles. The lowest BCUT2D eigenvalue weighted by Gasteiger charge is -2.18. The van der Waals surface area contributed by atoms with Crippen molar-refractivity contribution in [1.29, 1.82) is 0 Å². The van der Waals surface area contributed by atoms with Crippen LogP contribution in [-0.4, -0.2) is 25.1 Å². The summed E-state index contributed by atoms with van der Waals surface area (Å²) in [5.41, 5.74) is 2.10. The minimum absolute atomic E-state index is 0.102. The molecule has 0 fully saturated rings. The lowest BCUT2D eigenvalue weighted by Crippen LogP contribution is -2.26. The quantitative estimate of drug-likeness (QED) is 0.723. The molecule has 0 saturated carbocycles. The number of anilines is 1. The zero-order valence-corrected chi connectivity index (χ0v) is 13.1. The van der Waals surface area contributed by atoms with Crippen molar-refractivity contribution in [3.63, 3.8) is 0 Å². The number of amides is 1. The van der Waals surface area contributed by atoms with Crippen LogP contribution in [0.5, 0.6) is 5.75 Å². The third kappa shape index (κ3) is 5.05. The van der Waals surface area contributed by atoms with E-state index in [0.717, 1.165) is 43.9 Å². The van der Waals surface area contributed by atoms with Crippen molar-refractivity contribution in [2.24, 2.45) is 0 Å². The number of rotatable bonds is 8. The summed E-state index contributed by atoms with van der Waals surface area (Å²) >= 11 is 0. The Bertz CT molecular complexity index is 474. The van der Waals surface area contributed by atoms with Crippen molar-refractivity contribution in [3.05, 3.63) is 23.8 Å². The van der Waals surface area contributed by atoms with E-state index >= 15 is 0 Å². The number of hydrogen-bond donors (Lipinski definition) is 2. The van der Waals surface area contributed by atoms with E-state index in [1.54, 1.807) is 0 Å². The van der Waals surface area contributed by atoms with Gasteiger partial charge in [-0.3, -0.25) is 4.79 Å². The molecule has 1 atom stereocenters. The highest BCUT2D eigenvalue weighted by Crippen LogP contribution is 2.26. The van der Waals surface area contributed by atoms with Gasteiger partial charge in [0, 0.05) is 18.2 Å². The van der Waals surface area contributed by atoms with E-state index in [2.05, 4.69) is 24.5 Å². The Morgan fingerprint density at radius 1 is 1.38 bits per heavy atom. The summed E-state index contributed by atoms with van der Waals surface area (Å²) in [5, 5.41) is 6.37. The number of hydrogen-bond acceptors (Lipinski definition) is 3. The highest BCUT2D eigenvalue weighted by Gasteiger charge is 2.14. The maximum atomic E-state index is 11.3. The Morgan fingerprint density at radius 2 is 2.24 bits per heavy atom. The summed E-state index contributed by atoms with van der Waals surface area (Å²) in [6.45, 7) is 6.22. The molecule has 1 unspecified atom stereocenters. The van der Waals surface area contributed by atoms with E-state index in [1.807, 2.05) is 18.2 Å². The van der Waals surface area contributed by atoms with Crippen molar-refractivity contribution >= 4 is 11.6 Å². The Morgan fingerprint density at radius 3 is 3.05 bits per heavy atom. The molecule has 0 aromatic heterocycles. The normalized spacial score (nSPS) is 15.2. The van der Waals surface area contributed by atoms with Crippen LogP contribution in [0, 0.1) is 0 Å². The summed E-state index contributed by atoms with van der Waals surface area (Å²) in [6, 6.07) is 6.47. The molecule has 116 valence electrons. The molecule has 0 saturated heterocycles. The molecular formula is C17H26N2O2. The van der Waals surface area contributed by atoms with Gasteiger partial charge in [0.25, 0.3) is 0 Å². The number of fused-ring (bicyclic) bond motifs is 1. The van der Waals surface area contributed by atoms with Gasteiger partial charge in [0.2, 0.25) is 5.91 Å². The maximum Gasteiger partial charge on any atom is 0.224 e. The second-order valence-electron chi connectivity index (χ2n) is 5.71. The highest BCUT2D eigenvalue weighted by molar-refractivity contribution is 5.93. The van der Waals surface area contributed by atoms with Crippen molar-refractivity contribution in [3.8, 4) is 5.75 Å². The van der Waals surface area contributed by atoms with Crippen LogP contribution in [0.4, 0.5) is 5.69 Å². The van der Waals surface area contributed by atoms with Crippen LogP contribution in [0.25, 0.3) is 0 Å². The predicted molar refractivity (Wildman–Crippen MR) is 85.9 cm³/mol. The molecule has 4 heteroatoms. The van der Waals surface area contributed by atoms with Gasteiger partial charge >= 0.3 is 0 Å². The summed E-state index contributed by atoms with van der Waals surface area (Å²) < 4.78 is 5.81. The number of benzene rings is 1. The molecule has 1 aromatic carbocycles. The predicted octanol–water partition coefficient (Wildman–Crippen LogP) is 3.12. The summed E-state index contributed by atoms with van der Waals surface area (Å²) in [6.07, 6.45) is 4.71. The smallest absolute Gasteiger partial charge is 0.224 e. The van der Waals surface area contributed by atoms with Crippen LogP contribution in [0.1, 0.15) is 45.1 Å².